The molecule has 0 aromatic carbocycles. The average Bonchev–Trinajstić information content (AvgIpc) is 2.91. The molecular weight excluding hydrogens is 341 g/mol. The van der Waals surface area contributed by atoms with Gasteiger partial charge in [0.15, 0.2) is 0 Å². The summed E-state index contributed by atoms with van der Waals surface area (Å²) < 4.78 is 0. The molecule has 0 amide bonds. The van der Waals surface area contributed by atoms with E-state index in [1.165, 1.54) is 0 Å². The van der Waals surface area contributed by atoms with Crippen molar-refractivity contribution in [3.05, 3.63) is 62.4 Å². The van der Waals surface area contributed by atoms with Gasteiger partial charge in [-0.15, -0.1) is 0 Å². The van der Waals surface area contributed by atoms with E-state index in [2.05, 4.69) is 90.6 Å². The molecule has 0 saturated heterocycles. The Morgan fingerprint density at radius 3 is 0.842 bits per heavy atom. The van der Waals surface area contributed by atoms with Crippen LogP contribution < -0.4 is 0 Å². The molecule has 2 aliphatic carbocycles. The summed E-state index contributed by atoms with van der Waals surface area (Å²) in [5.41, 5.74) is 3.12. The summed E-state index contributed by atoms with van der Waals surface area (Å²) in [5.74, 6) is 0. The van der Waals surface area contributed by atoms with Crippen molar-refractivity contribution in [1.82, 2.24) is 0 Å². The number of hydrogen-bond donors (Lipinski definition) is 0. The van der Waals surface area contributed by atoms with E-state index in [1.807, 2.05) is 0 Å². The van der Waals surface area contributed by atoms with Crippen molar-refractivity contribution >= 4 is 16.1 Å². The second-order valence-corrected chi connectivity index (χ2v) is 17.0. The van der Waals surface area contributed by atoms with Crippen LogP contribution in [0.3, 0.4) is 0 Å². The van der Waals surface area contributed by atoms with Gasteiger partial charge in [-0.05, 0) is 62.4 Å². The van der Waals surface area contributed by atoms with Crippen LogP contribution in [-0.4, -0.2) is 16.1 Å². The third-order valence-corrected chi connectivity index (χ3v) is 7.19. The molecule has 11 radical (unpaired) electrons. The summed E-state index contributed by atoms with van der Waals surface area (Å²) in [6.45, 7) is 14.2. The van der Waals surface area contributed by atoms with Crippen LogP contribution in [0.2, 0.25) is 39.3 Å². The van der Waals surface area contributed by atoms with Crippen LogP contribution in [-0.2, 0) is 22.4 Å². The number of hydrogen-bond acceptors (Lipinski definition) is 0. The molecule has 2 aliphatic rings. The van der Waals surface area contributed by atoms with Gasteiger partial charge in [0.05, 0.1) is 16.1 Å². The molecule has 0 spiro atoms. The molecule has 0 aliphatic heterocycles. The largest absolute Gasteiger partial charge is 0.0691 e. The van der Waals surface area contributed by atoms with Crippen LogP contribution in [0.4, 0.5) is 0 Å². The SMILES string of the molecule is C[Si](C)(C)[C]1[CH][CH][CH][CH]1.C[Si](C)(C)[C]1[CH][CH][CH][CH]1.[Nb]. The van der Waals surface area contributed by atoms with E-state index < -0.39 is 16.1 Å². The maximum atomic E-state index is 2.36. The van der Waals surface area contributed by atoms with Crippen molar-refractivity contribution in [1.29, 1.82) is 0 Å². The van der Waals surface area contributed by atoms with Gasteiger partial charge in [0.25, 0.3) is 0 Å². The minimum absolute atomic E-state index is 0. The van der Waals surface area contributed by atoms with E-state index >= 15 is 0 Å². The van der Waals surface area contributed by atoms with E-state index in [0.29, 0.717) is 0 Å². The van der Waals surface area contributed by atoms with Crippen molar-refractivity contribution in [3.63, 3.8) is 0 Å². The van der Waals surface area contributed by atoms with Crippen LogP contribution in [0.1, 0.15) is 0 Å². The quantitative estimate of drug-likeness (QED) is 0.629. The maximum Gasteiger partial charge on any atom is 0.0516 e. The van der Waals surface area contributed by atoms with Crippen LogP contribution in [0, 0.1) is 62.4 Å². The molecule has 19 heavy (non-hydrogen) atoms. The Hall–Kier alpha value is 1.17. The summed E-state index contributed by atoms with van der Waals surface area (Å²) in [4.78, 5) is 0. The first kappa shape index (κ1) is 20.2. The van der Waals surface area contributed by atoms with E-state index in [0.717, 1.165) is 0 Å². The van der Waals surface area contributed by atoms with Gasteiger partial charge in [0.1, 0.15) is 0 Å². The van der Waals surface area contributed by atoms with Crippen molar-refractivity contribution < 1.29 is 22.4 Å². The molecule has 0 unspecified atom stereocenters. The molecule has 0 aromatic heterocycles. The Morgan fingerprint density at radius 2 is 0.737 bits per heavy atom. The van der Waals surface area contributed by atoms with E-state index in [-0.39, 0.29) is 22.4 Å². The van der Waals surface area contributed by atoms with Crippen LogP contribution >= 0.6 is 0 Å². The Morgan fingerprint density at radius 1 is 0.526 bits per heavy atom. The maximum absolute atomic E-state index is 2.36. The fourth-order valence-corrected chi connectivity index (χ4v) is 4.13. The number of rotatable bonds is 2. The van der Waals surface area contributed by atoms with Crippen molar-refractivity contribution in [2.75, 3.05) is 0 Å². The molecule has 0 N–H and O–H groups in total. The molecule has 2 fully saturated rings. The zero-order valence-corrected chi connectivity index (χ0v) is 17.3. The molecule has 2 saturated carbocycles. The summed E-state index contributed by atoms with van der Waals surface area (Å²) in [5, 5.41) is 0. The molecule has 0 aromatic rings. The van der Waals surface area contributed by atoms with E-state index in [9.17, 15) is 0 Å². The Bertz CT molecular complexity index is 202. The van der Waals surface area contributed by atoms with Gasteiger partial charge in [0.2, 0.25) is 0 Å². The first-order valence-corrected chi connectivity index (χ1v) is 13.7. The second kappa shape index (κ2) is 8.58. The molecule has 3 heteroatoms. The predicted octanol–water partition coefficient (Wildman–Crippen LogP) is 4.54. The summed E-state index contributed by atoms with van der Waals surface area (Å²) in [7, 11) is -1.96. The third-order valence-electron chi connectivity index (χ3n) is 3.06. The zero-order chi connectivity index (χ0) is 13.8. The van der Waals surface area contributed by atoms with Crippen molar-refractivity contribution in [2.24, 2.45) is 0 Å². The van der Waals surface area contributed by atoms with Gasteiger partial charge in [-0.2, -0.15) is 0 Å². The Balaban J connectivity index is 0.000000324. The van der Waals surface area contributed by atoms with Crippen molar-refractivity contribution in [2.45, 2.75) is 39.3 Å². The third kappa shape index (κ3) is 7.66. The van der Waals surface area contributed by atoms with Gasteiger partial charge in [0, 0.05) is 22.4 Å². The molecule has 0 bridgehead atoms. The molecule has 0 atom stereocenters. The van der Waals surface area contributed by atoms with Crippen LogP contribution in [0.5, 0.6) is 0 Å². The van der Waals surface area contributed by atoms with Gasteiger partial charge in [-0.3, -0.25) is 0 Å². The summed E-state index contributed by atoms with van der Waals surface area (Å²) in [6, 6.07) is 0. The van der Waals surface area contributed by atoms with E-state index in [4.69, 9.17) is 0 Å². The average molecular weight is 367 g/mol. The molecule has 0 heterocycles. The minimum Gasteiger partial charge on any atom is -0.0691 e. The van der Waals surface area contributed by atoms with Gasteiger partial charge in [-0.25, -0.2) is 0 Å². The standard InChI is InChI=1S/2C8H13Si.Nb/c2*1-9(2,3)8-6-4-5-7-8;/h2*4-7H,1-3H3;. The second-order valence-electron chi connectivity index (χ2n) is 6.85. The predicted molar refractivity (Wildman–Crippen MR) is 87.6 cm³/mol. The summed E-state index contributed by atoms with van der Waals surface area (Å²) in [6.07, 6.45) is 17.4. The van der Waals surface area contributed by atoms with Crippen LogP contribution in [0.25, 0.3) is 0 Å². The monoisotopic (exact) mass is 367 g/mol. The summed E-state index contributed by atoms with van der Waals surface area (Å²) >= 11 is 0. The molecule has 103 valence electrons. The smallest absolute Gasteiger partial charge is 0.0516 e. The Labute approximate surface area is 140 Å². The molecule has 2 rings (SSSR count). The van der Waals surface area contributed by atoms with Crippen molar-refractivity contribution in [3.8, 4) is 0 Å². The first-order chi connectivity index (χ1) is 8.21. The van der Waals surface area contributed by atoms with E-state index in [1.54, 1.807) is 11.1 Å². The molecular formula is C16H26NbSi2. The van der Waals surface area contributed by atoms with Gasteiger partial charge in [-0.1, -0.05) is 39.3 Å². The normalized spacial score (nSPS) is 21.8. The molecule has 0 nitrogen and oxygen atoms in total. The fraction of sp³-hybridized carbons (Fsp3) is 0.375. The topological polar surface area (TPSA) is 0 Å². The van der Waals surface area contributed by atoms with Gasteiger partial charge >= 0.3 is 0 Å². The fourth-order valence-electron chi connectivity index (χ4n) is 1.75. The van der Waals surface area contributed by atoms with Crippen LogP contribution in [0.15, 0.2) is 0 Å². The Kier molecular flexibility index (Phi) is 9.11. The minimum atomic E-state index is -0.981. The zero-order valence-electron chi connectivity index (χ0n) is 13.1. The van der Waals surface area contributed by atoms with Gasteiger partial charge < -0.3 is 0 Å². The first-order valence-electron chi connectivity index (χ1n) is 6.65.